The van der Waals surface area contributed by atoms with Gasteiger partial charge in [-0.25, -0.2) is 22.2 Å². The molecule has 3 aromatic rings. The van der Waals surface area contributed by atoms with Gasteiger partial charge in [0.15, 0.2) is 10.1 Å². The third-order valence-corrected chi connectivity index (χ3v) is 6.56. The fraction of sp³-hybridized carbons (Fsp3) is 0.105. The van der Waals surface area contributed by atoms with Crippen LogP contribution in [0.4, 0.5) is 14.5 Å². The molecule has 0 bridgehead atoms. The molecule has 0 aliphatic heterocycles. The molecule has 2 N–H and O–H groups in total. The Hall–Kier alpha value is -3.05. The number of aromatic amines is 1. The molecule has 156 valence electrons. The quantitative estimate of drug-likeness (QED) is 0.441. The fourth-order valence-corrected chi connectivity index (χ4v) is 4.25. The molecule has 0 unspecified atom stereocenters. The Bertz CT molecular complexity index is 1260. The molecule has 0 atom stereocenters. The van der Waals surface area contributed by atoms with E-state index < -0.39 is 37.8 Å². The van der Waals surface area contributed by atoms with Crippen LogP contribution in [0.2, 0.25) is 0 Å². The van der Waals surface area contributed by atoms with Crippen molar-refractivity contribution in [1.82, 2.24) is 9.97 Å². The summed E-state index contributed by atoms with van der Waals surface area (Å²) in [7, 11) is -4.05. The van der Waals surface area contributed by atoms with E-state index in [0.717, 1.165) is 35.7 Å². The monoisotopic (exact) mass is 451 g/mol. The van der Waals surface area contributed by atoms with E-state index in [2.05, 4.69) is 15.3 Å². The van der Waals surface area contributed by atoms with Crippen molar-refractivity contribution in [2.24, 2.45) is 0 Å². The molecule has 0 aliphatic rings. The van der Waals surface area contributed by atoms with Gasteiger partial charge < -0.3 is 10.3 Å². The number of nitrogens with zero attached hydrogens (tertiary/aromatic N) is 1. The summed E-state index contributed by atoms with van der Waals surface area (Å²) in [6, 6.07) is 8.73. The maximum atomic E-state index is 13.6. The van der Waals surface area contributed by atoms with Gasteiger partial charge in [-0.3, -0.25) is 9.59 Å². The number of hydrogen-bond acceptors (Lipinski definition) is 6. The van der Waals surface area contributed by atoms with E-state index >= 15 is 0 Å². The van der Waals surface area contributed by atoms with Crippen molar-refractivity contribution in [3.05, 3.63) is 76.2 Å². The lowest BCUT2D eigenvalue weighted by Crippen LogP contribution is -2.20. The number of aromatic nitrogens is 2. The first kappa shape index (κ1) is 21.7. The lowest BCUT2D eigenvalue weighted by Gasteiger charge is -2.07. The molecule has 1 amide bonds. The summed E-state index contributed by atoms with van der Waals surface area (Å²) in [4.78, 5) is 29.8. The maximum Gasteiger partial charge on any atom is 0.270 e. The van der Waals surface area contributed by atoms with E-state index in [1.165, 1.54) is 12.1 Å². The summed E-state index contributed by atoms with van der Waals surface area (Å²) < 4.78 is 51.7. The van der Waals surface area contributed by atoms with Crippen molar-refractivity contribution >= 4 is 33.2 Å². The molecular formula is C19H15F2N3O4S2. The Labute approximate surface area is 174 Å². The van der Waals surface area contributed by atoms with Gasteiger partial charge in [0, 0.05) is 6.07 Å². The van der Waals surface area contributed by atoms with Crippen LogP contribution in [0.5, 0.6) is 0 Å². The van der Waals surface area contributed by atoms with Gasteiger partial charge in [0.1, 0.15) is 11.6 Å². The van der Waals surface area contributed by atoms with E-state index in [-0.39, 0.29) is 21.5 Å². The largest absolute Gasteiger partial charge is 0.323 e. The highest BCUT2D eigenvalue weighted by Crippen LogP contribution is 2.20. The highest BCUT2D eigenvalue weighted by atomic mass is 32.2. The van der Waals surface area contributed by atoms with Crippen molar-refractivity contribution in [3.63, 3.8) is 0 Å². The molecule has 11 heteroatoms. The molecule has 2 aromatic carbocycles. The molecule has 1 heterocycles. The molecule has 0 fully saturated rings. The smallest absolute Gasteiger partial charge is 0.270 e. The van der Waals surface area contributed by atoms with Crippen molar-refractivity contribution in [1.29, 1.82) is 0 Å². The molecule has 3 rings (SSSR count). The zero-order chi connectivity index (χ0) is 21.9. The highest BCUT2D eigenvalue weighted by molar-refractivity contribution is 7.99. The van der Waals surface area contributed by atoms with E-state index in [1.807, 2.05) is 0 Å². The van der Waals surface area contributed by atoms with Gasteiger partial charge in [0.25, 0.3) is 5.56 Å². The zero-order valence-corrected chi connectivity index (χ0v) is 17.1. The van der Waals surface area contributed by atoms with Gasteiger partial charge in [-0.1, -0.05) is 29.5 Å². The Morgan fingerprint density at radius 2 is 1.87 bits per heavy atom. The van der Waals surface area contributed by atoms with Crippen LogP contribution in [0.15, 0.2) is 68.4 Å². The number of halogens is 2. The Morgan fingerprint density at radius 3 is 2.50 bits per heavy atom. The number of carbonyl (C=O) groups excluding carboxylic acids is 1. The number of nitrogens with one attached hydrogen (secondary N) is 2. The first-order valence-electron chi connectivity index (χ1n) is 8.45. The Kier molecular flexibility index (Phi) is 6.32. The number of amides is 1. The van der Waals surface area contributed by atoms with Crippen molar-refractivity contribution in [2.75, 3.05) is 11.1 Å². The van der Waals surface area contributed by atoms with E-state index in [0.29, 0.717) is 6.07 Å². The highest BCUT2D eigenvalue weighted by Gasteiger charge is 2.22. The van der Waals surface area contributed by atoms with Gasteiger partial charge in [0.2, 0.25) is 15.7 Å². The molecule has 0 saturated heterocycles. The number of thioether (sulfide) groups is 1. The normalized spacial score (nSPS) is 11.3. The lowest BCUT2D eigenvalue weighted by atomic mass is 10.2. The van der Waals surface area contributed by atoms with Gasteiger partial charge in [-0.2, -0.15) is 0 Å². The fourth-order valence-electron chi connectivity index (χ4n) is 2.39. The lowest BCUT2D eigenvalue weighted by molar-refractivity contribution is -0.113. The summed E-state index contributed by atoms with van der Waals surface area (Å²) in [5.41, 5.74) is -0.201. The average molecular weight is 451 g/mol. The molecule has 7 nitrogen and oxygen atoms in total. The molecule has 1 aromatic heterocycles. The third kappa shape index (κ3) is 4.92. The number of anilines is 1. The maximum absolute atomic E-state index is 13.6. The summed E-state index contributed by atoms with van der Waals surface area (Å²) in [6.07, 6.45) is 0.925. The zero-order valence-electron chi connectivity index (χ0n) is 15.5. The van der Waals surface area contributed by atoms with Crippen molar-refractivity contribution in [3.8, 4) is 0 Å². The number of rotatable bonds is 6. The van der Waals surface area contributed by atoms with Gasteiger partial charge in [-0.05, 0) is 31.2 Å². The number of carbonyl (C=O) groups is 1. The molecule has 30 heavy (non-hydrogen) atoms. The van der Waals surface area contributed by atoms with E-state index in [9.17, 15) is 26.8 Å². The van der Waals surface area contributed by atoms with Crippen LogP contribution >= 0.6 is 11.8 Å². The van der Waals surface area contributed by atoms with Gasteiger partial charge in [-0.15, -0.1) is 0 Å². The van der Waals surface area contributed by atoms with Crippen LogP contribution in [0.1, 0.15) is 5.56 Å². The SMILES string of the molecule is Cc1ccc(S(=O)(=O)c2cnc(SCC(=O)Nc3ccc(F)cc3F)[nH]c2=O)cc1. The van der Waals surface area contributed by atoms with Crippen LogP contribution in [0.25, 0.3) is 0 Å². The molecule has 0 aliphatic carbocycles. The minimum Gasteiger partial charge on any atom is -0.323 e. The summed E-state index contributed by atoms with van der Waals surface area (Å²) in [5, 5.41) is 2.28. The second kappa shape index (κ2) is 8.76. The predicted octanol–water partition coefficient (Wildman–Crippen LogP) is 2.92. The molecule has 0 spiro atoms. The standard InChI is InChI=1S/C19H15F2N3O4S2/c1-11-2-5-13(6-3-11)30(27,28)16-9-22-19(24-18(16)26)29-10-17(25)23-15-7-4-12(20)8-14(15)21/h2-9H,10H2,1H3,(H,23,25)(H,22,24,26). The van der Waals surface area contributed by atoms with Crippen LogP contribution < -0.4 is 10.9 Å². The minimum absolute atomic E-state index is 0.0117. The molecule has 0 radical (unpaired) electrons. The van der Waals surface area contributed by atoms with Crippen LogP contribution in [-0.2, 0) is 14.6 Å². The van der Waals surface area contributed by atoms with Gasteiger partial charge >= 0.3 is 0 Å². The van der Waals surface area contributed by atoms with E-state index in [1.54, 1.807) is 19.1 Å². The number of sulfone groups is 1. The summed E-state index contributed by atoms with van der Waals surface area (Å²) in [6.45, 7) is 1.80. The summed E-state index contributed by atoms with van der Waals surface area (Å²) >= 11 is 0.818. The second-order valence-corrected chi connectivity index (χ2v) is 9.04. The number of benzene rings is 2. The van der Waals surface area contributed by atoms with Crippen LogP contribution in [-0.4, -0.2) is 30.0 Å². The van der Waals surface area contributed by atoms with Crippen LogP contribution in [0, 0.1) is 18.6 Å². The molecule has 0 saturated carbocycles. The minimum atomic E-state index is -4.05. The second-order valence-electron chi connectivity index (χ2n) is 6.16. The van der Waals surface area contributed by atoms with Gasteiger partial charge in [0.05, 0.1) is 22.5 Å². The topological polar surface area (TPSA) is 109 Å². The molecular weight excluding hydrogens is 436 g/mol. The first-order valence-corrected chi connectivity index (χ1v) is 10.9. The van der Waals surface area contributed by atoms with Crippen molar-refractivity contribution in [2.45, 2.75) is 21.9 Å². The van der Waals surface area contributed by atoms with E-state index in [4.69, 9.17) is 0 Å². The number of aryl methyl sites for hydroxylation is 1. The van der Waals surface area contributed by atoms with Crippen molar-refractivity contribution < 1.29 is 22.0 Å². The Balaban J connectivity index is 1.70. The van der Waals surface area contributed by atoms with Crippen LogP contribution in [0.3, 0.4) is 0 Å². The number of H-pyrrole nitrogens is 1. The predicted molar refractivity (Wildman–Crippen MR) is 107 cm³/mol. The first-order chi connectivity index (χ1) is 14.2. The number of hydrogen-bond donors (Lipinski definition) is 2. The average Bonchev–Trinajstić information content (AvgIpc) is 2.69. The third-order valence-electron chi connectivity index (χ3n) is 3.91. The summed E-state index contributed by atoms with van der Waals surface area (Å²) in [5.74, 6) is -2.57. The Morgan fingerprint density at radius 1 is 1.17 bits per heavy atom.